The summed E-state index contributed by atoms with van der Waals surface area (Å²) in [5, 5.41) is 6.68. The minimum absolute atomic E-state index is 0.0196. The van der Waals surface area contributed by atoms with Gasteiger partial charge in [0.25, 0.3) is 0 Å². The summed E-state index contributed by atoms with van der Waals surface area (Å²) in [7, 11) is 0. The zero-order chi connectivity index (χ0) is 20.1. The fraction of sp³-hybridized carbons (Fsp3) is 0.435. The lowest BCUT2D eigenvalue weighted by Crippen LogP contribution is -2.57. The Kier molecular flexibility index (Phi) is 6.20. The van der Waals surface area contributed by atoms with Crippen molar-refractivity contribution in [3.05, 3.63) is 60.7 Å². The Hall–Kier alpha value is -2.73. The Balaban J connectivity index is 1.35. The number of likely N-dealkylation sites (N-methyl/N-ethyl adjacent to an activating group) is 1. The monoisotopic (exact) mass is 391 g/mol. The summed E-state index contributed by atoms with van der Waals surface area (Å²) < 4.78 is 1.83. The molecule has 0 aliphatic carbocycles. The Labute approximate surface area is 172 Å². The fourth-order valence-corrected chi connectivity index (χ4v) is 4.24. The molecule has 0 unspecified atom stereocenters. The molecule has 0 bridgehead atoms. The number of piperazine rings is 1. The van der Waals surface area contributed by atoms with Gasteiger partial charge in [0.05, 0.1) is 6.04 Å². The van der Waals surface area contributed by atoms with Crippen molar-refractivity contribution in [1.82, 2.24) is 24.6 Å². The van der Waals surface area contributed by atoms with Gasteiger partial charge in [0.15, 0.2) is 0 Å². The summed E-state index contributed by atoms with van der Waals surface area (Å²) in [5.74, 6) is 0.275. The van der Waals surface area contributed by atoms with Crippen molar-refractivity contribution in [2.24, 2.45) is 0 Å². The van der Waals surface area contributed by atoms with Crippen LogP contribution in [0.15, 0.2) is 55.1 Å². The zero-order valence-corrected chi connectivity index (χ0v) is 17.1. The minimum Gasteiger partial charge on any atom is -0.340 e. The summed E-state index contributed by atoms with van der Waals surface area (Å²) in [6.45, 7) is 6.42. The molecule has 1 saturated heterocycles. The molecule has 1 atom stereocenters. The Bertz CT molecular complexity index is 939. The average Bonchev–Trinajstić information content (AvgIpc) is 3.27. The molecule has 0 spiro atoms. The van der Waals surface area contributed by atoms with E-state index in [0.29, 0.717) is 0 Å². The van der Waals surface area contributed by atoms with E-state index in [1.54, 1.807) is 12.7 Å². The van der Waals surface area contributed by atoms with E-state index in [4.69, 9.17) is 0 Å². The van der Waals surface area contributed by atoms with Crippen molar-refractivity contribution in [2.75, 3.05) is 26.2 Å². The van der Waals surface area contributed by atoms with E-state index in [2.05, 4.69) is 69.3 Å². The molecule has 0 radical (unpaired) electrons. The Morgan fingerprint density at radius 1 is 1.07 bits per heavy atom. The molecule has 6 nitrogen and oxygen atoms in total. The van der Waals surface area contributed by atoms with Gasteiger partial charge in [-0.1, -0.05) is 49.4 Å². The van der Waals surface area contributed by atoms with Crippen LogP contribution in [-0.4, -0.2) is 62.7 Å². The maximum Gasteiger partial charge on any atom is 0.239 e. The number of hydrogen-bond donors (Lipinski definition) is 0. The number of carbonyl (C=O) groups excluding carboxylic acids is 1. The highest BCUT2D eigenvalue weighted by atomic mass is 16.2. The average molecular weight is 392 g/mol. The SMILES string of the molecule is CCN1CCN(CCc2ccc3ccccc3c2)C(=O)[C@@H]1CCCn1cncn1. The molecule has 0 saturated carbocycles. The van der Waals surface area contributed by atoms with Crippen molar-refractivity contribution in [2.45, 2.75) is 38.8 Å². The lowest BCUT2D eigenvalue weighted by Gasteiger charge is -2.40. The first-order valence-corrected chi connectivity index (χ1v) is 10.6. The second kappa shape index (κ2) is 9.18. The molecule has 1 aliphatic heterocycles. The molecule has 1 aromatic heterocycles. The predicted molar refractivity (Wildman–Crippen MR) is 115 cm³/mol. The molecule has 2 heterocycles. The lowest BCUT2D eigenvalue weighted by atomic mass is 10.0. The largest absolute Gasteiger partial charge is 0.340 e. The molecule has 1 amide bonds. The molecular formula is C23H29N5O. The first-order chi connectivity index (χ1) is 14.2. The van der Waals surface area contributed by atoms with E-state index in [0.717, 1.165) is 52.0 Å². The van der Waals surface area contributed by atoms with Crippen molar-refractivity contribution in [3.63, 3.8) is 0 Å². The third-order valence-corrected chi connectivity index (χ3v) is 5.92. The summed E-state index contributed by atoms with van der Waals surface area (Å²) in [6.07, 6.45) is 5.97. The first-order valence-electron chi connectivity index (χ1n) is 10.6. The highest BCUT2D eigenvalue weighted by Gasteiger charge is 2.33. The first kappa shape index (κ1) is 19.6. The van der Waals surface area contributed by atoms with Crippen LogP contribution < -0.4 is 0 Å². The van der Waals surface area contributed by atoms with Gasteiger partial charge in [-0.15, -0.1) is 0 Å². The van der Waals surface area contributed by atoms with Gasteiger partial charge in [-0.05, 0) is 42.1 Å². The van der Waals surface area contributed by atoms with Crippen molar-refractivity contribution in [1.29, 1.82) is 0 Å². The quantitative estimate of drug-likeness (QED) is 0.592. The number of rotatable bonds is 8. The Morgan fingerprint density at radius 3 is 2.72 bits per heavy atom. The van der Waals surface area contributed by atoms with E-state index < -0.39 is 0 Å². The molecule has 0 N–H and O–H groups in total. The third kappa shape index (κ3) is 4.65. The number of amides is 1. The molecule has 3 aromatic rings. The third-order valence-electron chi connectivity index (χ3n) is 5.92. The summed E-state index contributed by atoms with van der Waals surface area (Å²) in [5.41, 5.74) is 1.29. The van der Waals surface area contributed by atoms with Crippen molar-refractivity contribution < 1.29 is 4.79 Å². The highest BCUT2D eigenvalue weighted by Crippen LogP contribution is 2.19. The van der Waals surface area contributed by atoms with Crippen LogP contribution in [-0.2, 0) is 17.8 Å². The number of nitrogens with zero attached hydrogens (tertiary/aromatic N) is 5. The van der Waals surface area contributed by atoms with Crippen LogP contribution in [0.25, 0.3) is 10.8 Å². The van der Waals surface area contributed by atoms with E-state index in [1.807, 2.05) is 4.68 Å². The Morgan fingerprint density at radius 2 is 1.93 bits per heavy atom. The van der Waals surface area contributed by atoms with Gasteiger partial charge in [0.2, 0.25) is 5.91 Å². The van der Waals surface area contributed by atoms with E-state index >= 15 is 0 Å². The van der Waals surface area contributed by atoms with Crippen LogP contribution >= 0.6 is 0 Å². The van der Waals surface area contributed by atoms with Gasteiger partial charge in [0, 0.05) is 26.2 Å². The lowest BCUT2D eigenvalue weighted by molar-refractivity contribution is -0.142. The summed E-state index contributed by atoms with van der Waals surface area (Å²) >= 11 is 0. The van der Waals surface area contributed by atoms with E-state index in [1.165, 1.54) is 16.3 Å². The number of carbonyl (C=O) groups is 1. The normalized spacial score (nSPS) is 17.9. The van der Waals surface area contributed by atoms with Crippen molar-refractivity contribution in [3.8, 4) is 0 Å². The standard InChI is InChI=1S/C23H29N5O/c1-2-26-14-15-27(23(29)22(26)8-5-12-28-18-24-17-25-28)13-11-19-9-10-20-6-3-4-7-21(20)16-19/h3-4,6-7,9-10,16-18,22H,2,5,8,11-15H2,1H3/t22-/m0/s1. The smallest absolute Gasteiger partial charge is 0.239 e. The van der Waals surface area contributed by atoms with Gasteiger partial charge in [-0.25, -0.2) is 4.98 Å². The van der Waals surface area contributed by atoms with Crippen LogP contribution in [0.1, 0.15) is 25.3 Å². The van der Waals surface area contributed by atoms with E-state index in [9.17, 15) is 4.79 Å². The molecular weight excluding hydrogens is 362 g/mol. The van der Waals surface area contributed by atoms with Crippen molar-refractivity contribution >= 4 is 16.7 Å². The van der Waals surface area contributed by atoms with Crippen LogP contribution in [0.5, 0.6) is 0 Å². The topological polar surface area (TPSA) is 54.3 Å². The maximum absolute atomic E-state index is 13.2. The van der Waals surface area contributed by atoms with Gasteiger partial charge < -0.3 is 4.90 Å². The molecule has 29 heavy (non-hydrogen) atoms. The number of aryl methyl sites for hydroxylation is 1. The molecule has 4 rings (SSSR count). The predicted octanol–water partition coefficient (Wildman–Crippen LogP) is 2.99. The van der Waals surface area contributed by atoms with E-state index in [-0.39, 0.29) is 11.9 Å². The zero-order valence-electron chi connectivity index (χ0n) is 17.1. The molecule has 1 aliphatic rings. The second-order valence-electron chi connectivity index (χ2n) is 7.70. The summed E-state index contributed by atoms with van der Waals surface area (Å²) in [4.78, 5) is 21.5. The van der Waals surface area contributed by atoms with Crippen LogP contribution in [0.3, 0.4) is 0 Å². The van der Waals surface area contributed by atoms with Gasteiger partial charge in [-0.3, -0.25) is 14.4 Å². The minimum atomic E-state index is -0.0196. The fourth-order valence-electron chi connectivity index (χ4n) is 4.24. The number of aromatic nitrogens is 3. The van der Waals surface area contributed by atoms with Crippen LogP contribution in [0, 0.1) is 0 Å². The van der Waals surface area contributed by atoms with Crippen LogP contribution in [0.4, 0.5) is 0 Å². The molecule has 2 aromatic carbocycles. The molecule has 6 heteroatoms. The van der Waals surface area contributed by atoms with Crippen LogP contribution in [0.2, 0.25) is 0 Å². The van der Waals surface area contributed by atoms with Gasteiger partial charge >= 0.3 is 0 Å². The summed E-state index contributed by atoms with van der Waals surface area (Å²) in [6, 6.07) is 15.0. The molecule has 152 valence electrons. The highest BCUT2D eigenvalue weighted by molar-refractivity contribution is 5.83. The number of fused-ring (bicyclic) bond motifs is 1. The second-order valence-corrected chi connectivity index (χ2v) is 7.70. The molecule has 1 fully saturated rings. The van der Waals surface area contributed by atoms with Gasteiger partial charge in [-0.2, -0.15) is 5.10 Å². The van der Waals surface area contributed by atoms with Gasteiger partial charge in [0.1, 0.15) is 12.7 Å². The maximum atomic E-state index is 13.2. The number of hydrogen-bond acceptors (Lipinski definition) is 4. The number of benzene rings is 2.